The summed E-state index contributed by atoms with van der Waals surface area (Å²) in [6.07, 6.45) is 1.70. The van der Waals surface area contributed by atoms with Crippen LogP contribution in [0, 0.1) is 11.8 Å². The summed E-state index contributed by atoms with van der Waals surface area (Å²) in [5.41, 5.74) is 7.64. The predicted octanol–water partition coefficient (Wildman–Crippen LogP) is 2.12. The van der Waals surface area contributed by atoms with Gasteiger partial charge in [-0.1, -0.05) is 18.8 Å². The molecule has 2 atom stereocenters. The number of ether oxygens (including phenoxy) is 2. The summed E-state index contributed by atoms with van der Waals surface area (Å²) >= 11 is 0. The first kappa shape index (κ1) is 13.9. The Kier molecular flexibility index (Phi) is 4.14. The summed E-state index contributed by atoms with van der Waals surface area (Å²) < 4.78 is 11.0. The second kappa shape index (κ2) is 5.64. The van der Waals surface area contributed by atoms with Crippen molar-refractivity contribution < 1.29 is 9.47 Å². The zero-order valence-electron chi connectivity index (χ0n) is 11.8. The quantitative estimate of drug-likeness (QED) is 0.827. The van der Waals surface area contributed by atoms with E-state index in [0.29, 0.717) is 6.61 Å². The number of nitrogens with two attached hydrogens (primary N) is 1. The van der Waals surface area contributed by atoms with Crippen LogP contribution in [0.15, 0.2) is 18.2 Å². The number of hydrogen-bond acceptors (Lipinski definition) is 3. The summed E-state index contributed by atoms with van der Waals surface area (Å²) in [6.45, 7) is 4.66. The zero-order chi connectivity index (χ0) is 13.9. The summed E-state index contributed by atoms with van der Waals surface area (Å²) in [6, 6.07) is 6.10. The number of benzene rings is 1. The standard InChI is InChI=1S/C16H21NO2/c1-4-16(2,18-3)8-7-12-5-6-15-13(9-12)10-14(17)11-19-15/h5-6,9,14H,4,10-11,17H2,1-3H3/t14-,16?/m1/s1. The van der Waals surface area contributed by atoms with Crippen LogP contribution in [0.5, 0.6) is 5.75 Å². The van der Waals surface area contributed by atoms with Crippen molar-refractivity contribution in [2.24, 2.45) is 5.73 Å². The van der Waals surface area contributed by atoms with Gasteiger partial charge >= 0.3 is 0 Å². The van der Waals surface area contributed by atoms with Gasteiger partial charge in [-0.3, -0.25) is 0 Å². The number of hydrogen-bond donors (Lipinski definition) is 1. The Labute approximate surface area is 115 Å². The van der Waals surface area contributed by atoms with Crippen LogP contribution >= 0.6 is 0 Å². The number of methoxy groups -OCH3 is 1. The molecule has 0 bridgehead atoms. The van der Waals surface area contributed by atoms with Crippen LogP contribution in [0.2, 0.25) is 0 Å². The fraction of sp³-hybridized carbons (Fsp3) is 0.500. The molecule has 1 unspecified atom stereocenters. The highest BCUT2D eigenvalue weighted by Gasteiger charge is 2.18. The van der Waals surface area contributed by atoms with Gasteiger partial charge in [-0.15, -0.1) is 0 Å². The normalized spacial score (nSPS) is 20.5. The van der Waals surface area contributed by atoms with E-state index in [2.05, 4.69) is 24.8 Å². The molecule has 0 aliphatic carbocycles. The lowest BCUT2D eigenvalue weighted by molar-refractivity contribution is 0.0543. The zero-order valence-corrected chi connectivity index (χ0v) is 11.8. The Morgan fingerprint density at radius 1 is 1.53 bits per heavy atom. The number of fused-ring (bicyclic) bond motifs is 1. The molecule has 19 heavy (non-hydrogen) atoms. The maximum atomic E-state index is 5.90. The lowest BCUT2D eigenvalue weighted by atomic mass is 9.99. The van der Waals surface area contributed by atoms with Crippen LogP contribution in [0.3, 0.4) is 0 Å². The van der Waals surface area contributed by atoms with E-state index in [0.717, 1.165) is 29.7 Å². The first-order chi connectivity index (χ1) is 9.06. The Hall–Kier alpha value is -1.50. The topological polar surface area (TPSA) is 44.5 Å². The van der Waals surface area contributed by atoms with Crippen molar-refractivity contribution in [2.45, 2.75) is 38.3 Å². The first-order valence-electron chi connectivity index (χ1n) is 6.66. The van der Waals surface area contributed by atoms with Gasteiger partial charge in [0.2, 0.25) is 0 Å². The van der Waals surface area contributed by atoms with E-state index in [9.17, 15) is 0 Å². The van der Waals surface area contributed by atoms with Gasteiger partial charge in [-0.25, -0.2) is 0 Å². The van der Waals surface area contributed by atoms with Crippen molar-refractivity contribution in [1.82, 2.24) is 0 Å². The van der Waals surface area contributed by atoms with Gasteiger partial charge in [-0.2, -0.15) is 0 Å². The Morgan fingerprint density at radius 3 is 3.00 bits per heavy atom. The van der Waals surface area contributed by atoms with Gasteiger partial charge < -0.3 is 15.2 Å². The third kappa shape index (κ3) is 3.28. The SMILES string of the molecule is CCC(C)(C#Cc1ccc2c(c1)C[C@@H](N)CO2)OC. The molecule has 1 aromatic carbocycles. The molecule has 2 N–H and O–H groups in total. The largest absolute Gasteiger partial charge is 0.492 e. The highest BCUT2D eigenvalue weighted by atomic mass is 16.5. The predicted molar refractivity (Wildman–Crippen MR) is 76.2 cm³/mol. The molecule has 0 amide bonds. The molecule has 0 aromatic heterocycles. The molecule has 0 fully saturated rings. The van der Waals surface area contributed by atoms with Crippen LogP contribution in [0.1, 0.15) is 31.4 Å². The van der Waals surface area contributed by atoms with Crippen LogP contribution in [0.25, 0.3) is 0 Å². The first-order valence-corrected chi connectivity index (χ1v) is 6.66. The second-order valence-electron chi connectivity index (χ2n) is 5.14. The van der Waals surface area contributed by atoms with Crippen molar-refractivity contribution >= 4 is 0 Å². The third-order valence-electron chi connectivity index (χ3n) is 3.59. The van der Waals surface area contributed by atoms with Gasteiger partial charge in [0.15, 0.2) is 0 Å². The maximum Gasteiger partial charge on any atom is 0.125 e. The van der Waals surface area contributed by atoms with Gasteiger partial charge in [-0.05, 0) is 43.5 Å². The van der Waals surface area contributed by atoms with Gasteiger partial charge in [0.25, 0.3) is 0 Å². The van der Waals surface area contributed by atoms with Crippen LogP contribution in [-0.4, -0.2) is 25.4 Å². The molecule has 1 aliphatic heterocycles. The average Bonchev–Trinajstić information content (AvgIpc) is 2.44. The lowest BCUT2D eigenvalue weighted by Crippen LogP contribution is -2.33. The third-order valence-corrected chi connectivity index (χ3v) is 3.59. The summed E-state index contributed by atoms with van der Waals surface area (Å²) in [4.78, 5) is 0. The summed E-state index contributed by atoms with van der Waals surface area (Å²) in [7, 11) is 1.69. The van der Waals surface area contributed by atoms with Crippen LogP contribution in [0.4, 0.5) is 0 Å². The highest BCUT2D eigenvalue weighted by molar-refractivity contribution is 5.46. The van der Waals surface area contributed by atoms with Crippen molar-refractivity contribution in [2.75, 3.05) is 13.7 Å². The minimum atomic E-state index is -0.386. The Bertz CT molecular complexity index is 509. The van der Waals surface area contributed by atoms with E-state index < -0.39 is 0 Å². The Balaban J connectivity index is 2.23. The van der Waals surface area contributed by atoms with Gasteiger partial charge in [0, 0.05) is 18.7 Å². The summed E-state index contributed by atoms with van der Waals surface area (Å²) in [5, 5.41) is 0. The fourth-order valence-electron chi connectivity index (χ4n) is 1.98. The molecule has 0 saturated carbocycles. The van der Waals surface area contributed by atoms with Gasteiger partial charge in [0.05, 0.1) is 0 Å². The van der Waals surface area contributed by atoms with E-state index >= 15 is 0 Å². The molecule has 1 aliphatic rings. The van der Waals surface area contributed by atoms with E-state index in [1.54, 1.807) is 7.11 Å². The molecule has 0 saturated heterocycles. The minimum Gasteiger partial charge on any atom is -0.492 e. The number of rotatable bonds is 2. The van der Waals surface area contributed by atoms with Crippen molar-refractivity contribution in [3.63, 3.8) is 0 Å². The van der Waals surface area contributed by atoms with Gasteiger partial charge in [0.1, 0.15) is 18.0 Å². The van der Waals surface area contributed by atoms with Crippen molar-refractivity contribution in [3.8, 4) is 17.6 Å². The highest BCUT2D eigenvalue weighted by Crippen LogP contribution is 2.25. The van der Waals surface area contributed by atoms with E-state index in [1.807, 2.05) is 19.1 Å². The van der Waals surface area contributed by atoms with E-state index in [1.165, 1.54) is 0 Å². The van der Waals surface area contributed by atoms with Crippen LogP contribution in [-0.2, 0) is 11.2 Å². The molecule has 0 radical (unpaired) electrons. The maximum absolute atomic E-state index is 5.90. The molecular weight excluding hydrogens is 238 g/mol. The fourth-order valence-corrected chi connectivity index (χ4v) is 1.98. The van der Waals surface area contributed by atoms with Crippen molar-refractivity contribution in [1.29, 1.82) is 0 Å². The second-order valence-corrected chi connectivity index (χ2v) is 5.14. The molecule has 1 aromatic rings. The lowest BCUT2D eigenvalue weighted by Gasteiger charge is -2.22. The molecule has 1 heterocycles. The molecular formula is C16H21NO2. The Morgan fingerprint density at radius 2 is 2.32 bits per heavy atom. The minimum absolute atomic E-state index is 0.0793. The molecule has 2 rings (SSSR count). The molecule has 0 spiro atoms. The van der Waals surface area contributed by atoms with E-state index in [4.69, 9.17) is 15.2 Å². The average molecular weight is 259 g/mol. The van der Waals surface area contributed by atoms with Crippen molar-refractivity contribution in [3.05, 3.63) is 29.3 Å². The summed E-state index contributed by atoms with van der Waals surface area (Å²) in [5.74, 6) is 7.29. The monoisotopic (exact) mass is 259 g/mol. The molecule has 102 valence electrons. The van der Waals surface area contributed by atoms with E-state index in [-0.39, 0.29) is 11.6 Å². The van der Waals surface area contributed by atoms with Crippen LogP contribution < -0.4 is 10.5 Å². The molecule has 3 heteroatoms. The molecule has 3 nitrogen and oxygen atoms in total. The smallest absolute Gasteiger partial charge is 0.125 e.